The Morgan fingerprint density at radius 2 is 1.84 bits per heavy atom. The number of urea groups is 1. The maximum absolute atomic E-state index is 11.1. The maximum atomic E-state index is 11.1. The lowest BCUT2D eigenvalue weighted by Crippen LogP contribution is -2.40. The van der Waals surface area contributed by atoms with E-state index in [2.05, 4.69) is 27.4 Å². The summed E-state index contributed by atoms with van der Waals surface area (Å²) in [5.41, 5.74) is 0.261. The number of amides is 2. The van der Waals surface area contributed by atoms with Crippen LogP contribution in [0, 0.1) is 0 Å². The van der Waals surface area contributed by atoms with Gasteiger partial charge in [-0.2, -0.15) is 18.6 Å². The zero-order valence-electron chi connectivity index (χ0n) is 10.5. The molecule has 0 aliphatic rings. The minimum absolute atomic E-state index is 0.0106. The molecule has 10 heteroatoms. The van der Waals surface area contributed by atoms with Gasteiger partial charge in [-0.3, -0.25) is 0 Å². The minimum atomic E-state index is -3.80. The molecule has 0 bridgehead atoms. The first-order chi connectivity index (χ1) is 8.78. The Labute approximate surface area is 111 Å². The molecular weight excluding hydrogens is 278 g/mol. The molecule has 0 radical (unpaired) electrons. The normalized spacial score (nSPS) is 10.6. The second-order valence-corrected chi connectivity index (χ2v) is 5.17. The Kier molecular flexibility index (Phi) is 7.72. The third-order valence-corrected chi connectivity index (χ3v) is 2.75. The van der Waals surface area contributed by atoms with Crippen LogP contribution in [0.1, 0.15) is 6.92 Å². The average molecular weight is 295 g/mol. The van der Waals surface area contributed by atoms with Gasteiger partial charge in [0.2, 0.25) is 0 Å². The van der Waals surface area contributed by atoms with Gasteiger partial charge in [0.1, 0.15) is 6.61 Å². The molecule has 0 heterocycles. The summed E-state index contributed by atoms with van der Waals surface area (Å²) >= 11 is 0. The molecule has 0 saturated carbocycles. The first-order valence-corrected chi connectivity index (χ1v) is 6.81. The zero-order valence-corrected chi connectivity index (χ0v) is 11.3. The van der Waals surface area contributed by atoms with Crippen molar-refractivity contribution in [3.63, 3.8) is 0 Å². The van der Waals surface area contributed by atoms with Crippen LogP contribution in [0.4, 0.5) is 4.79 Å². The lowest BCUT2D eigenvalue weighted by atomic mass is 10.4. The van der Waals surface area contributed by atoms with E-state index in [1.807, 2.05) is 0 Å². The van der Waals surface area contributed by atoms with E-state index in [4.69, 9.17) is 4.74 Å². The van der Waals surface area contributed by atoms with Gasteiger partial charge in [0.05, 0.1) is 12.3 Å². The molecule has 0 aliphatic carbocycles. The summed E-state index contributed by atoms with van der Waals surface area (Å²) in [4.78, 5) is 22.1. The summed E-state index contributed by atoms with van der Waals surface area (Å²) in [6, 6.07) is -0.599. The summed E-state index contributed by atoms with van der Waals surface area (Å²) in [7, 11) is -3.80. The van der Waals surface area contributed by atoms with Crippen molar-refractivity contribution in [2.24, 2.45) is 5.90 Å². The molecule has 0 spiro atoms. The number of hydrogen-bond acceptors (Lipinski definition) is 7. The third-order valence-electron chi connectivity index (χ3n) is 1.75. The summed E-state index contributed by atoms with van der Waals surface area (Å²) in [6.07, 6.45) is 0. The van der Waals surface area contributed by atoms with Crippen molar-refractivity contribution in [1.82, 2.24) is 10.6 Å². The van der Waals surface area contributed by atoms with Crippen molar-refractivity contribution >= 4 is 22.1 Å². The molecule has 0 atom stereocenters. The van der Waals surface area contributed by atoms with E-state index in [1.165, 1.54) is 6.92 Å². The predicted octanol–water partition coefficient (Wildman–Crippen LogP) is -1.37. The van der Waals surface area contributed by atoms with E-state index >= 15 is 0 Å². The quantitative estimate of drug-likeness (QED) is 0.217. The van der Waals surface area contributed by atoms with E-state index in [0.717, 1.165) is 0 Å². The Morgan fingerprint density at radius 3 is 2.37 bits per heavy atom. The summed E-state index contributed by atoms with van der Waals surface area (Å²) in [5.74, 6) is 3.51. The number of nitrogens with two attached hydrogens (primary N) is 1. The molecular formula is C9H17N3O6S. The van der Waals surface area contributed by atoms with Gasteiger partial charge in [0, 0.05) is 12.1 Å². The zero-order chi connectivity index (χ0) is 14.9. The molecule has 0 unspecified atom stereocenters. The van der Waals surface area contributed by atoms with Crippen molar-refractivity contribution in [1.29, 1.82) is 0 Å². The molecule has 0 aromatic rings. The highest BCUT2D eigenvalue weighted by Gasteiger charge is 2.09. The highest BCUT2D eigenvalue weighted by atomic mass is 32.2. The monoisotopic (exact) mass is 295 g/mol. The Hall–Kier alpha value is -1.65. The first kappa shape index (κ1) is 17.4. The number of carbonyl (C=O) groups excluding carboxylic acids is 2. The molecule has 0 rings (SSSR count). The van der Waals surface area contributed by atoms with Crippen molar-refractivity contribution in [2.45, 2.75) is 6.92 Å². The highest BCUT2D eigenvalue weighted by Crippen LogP contribution is 1.90. The van der Waals surface area contributed by atoms with Crippen LogP contribution in [0.3, 0.4) is 0 Å². The number of esters is 1. The van der Waals surface area contributed by atoms with Gasteiger partial charge in [0.25, 0.3) is 10.1 Å². The lowest BCUT2D eigenvalue weighted by molar-refractivity contribution is -0.138. The predicted molar refractivity (Wildman–Crippen MR) is 66.2 cm³/mol. The van der Waals surface area contributed by atoms with Crippen molar-refractivity contribution in [2.75, 3.05) is 25.4 Å². The standard InChI is InChI=1S/C9H17N3O6S/c1-7(2)8(13)17-5-3-11-9(14)12-4-6-19(15,16)18-10/h1,3-6,10H2,2H3,(H2,11,12,14). The summed E-state index contributed by atoms with van der Waals surface area (Å²) in [6.45, 7) is 4.81. The third kappa shape index (κ3) is 8.99. The van der Waals surface area contributed by atoms with Gasteiger partial charge in [0.15, 0.2) is 0 Å². The van der Waals surface area contributed by atoms with Crippen LogP contribution in [-0.2, 0) is 23.9 Å². The Balaban J connectivity index is 3.66. The number of ether oxygens (including phenoxy) is 1. The molecule has 0 aliphatic heterocycles. The van der Waals surface area contributed by atoms with Crippen LogP contribution < -0.4 is 16.5 Å². The second kappa shape index (κ2) is 8.45. The number of hydrogen-bond donors (Lipinski definition) is 3. The van der Waals surface area contributed by atoms with Crippen molar-refractivity contribution in [3.8, 4) is 0 Å². The van der Waals surface area contributed by atoms with Gasteiger partial charge < -0.3 is 15.4 Å². The second-order valence-electron chi connectivity index (χ2n) is 3.46. The Bertz CT molecular complexity index is 433. The molecule has 19 heavy (non-hydrogen) atoms. The van der Waals surface area contributed by atoms with Crippen LogP contribution in [0.2, 0.25) is 0 Å². The van der Waals surface area contributed by atoms with Gasteiger partial charge >= 0.3 is 12.0 Å². The van der Waals surface area contributed by atoms with Crippen molar-refractivity contribution < 1.29 is 27.0 Å². The fraction of sp³-hybridized carbons (Fsp3) is 0.556. The van der Waals surface area contributed by atoms with E-state index in [-0.39, 0.29) is 25.3 Å². The lowest BCUT2D eigenvalue weighted by Gasteiger charge is -2.08. The number of nitrogens with one attached hydrogen (secondary N) is 2. The molecule has 110 valence electrons. The molecule has 0 aromatic heterocycles. The van der Waals surface area contributed by atoms with E-state index < -0.39 is 27.9 Å². The maximum Gasteiger partial charge on any atom is 0.333 e. The van der Waals surface area contributed by atoms with Gasteiger partial charge in [-0.25, -0.2) is 9.59 Å². The van der Waals surface area contributed by atoms with E-state index in [1.54, 1.807) is 0 Å². The van der Waals surface area contributed by atoms with Gasteiger partial charge in [-0.15, -0.1) is 0 Å². The topological polar surface area (TPSA) is 137 Å². The van der Waals surface area contributed by atoms with Gasteiger partial charge in [-0.05, 0) is 6.92 Å². The molecule has 0 fully saturated rings. The van der Waals surface area contributed by atoms with E-state index in [0.29, 0.717) is 0 Å². The number of carbonyl (C=O) groups is 2. The average Bonchev–Trinajstić information content (AvgIpc) is 2.34. The fourth-order valence-corrected chi connectivity index (χ4v) is 1.28. The smallest absolute Gasteiger partial charge is 0.333 e. The summed E-state index contributed by atoms with van der Waals surface area (Å²) in [5, 5.41) is 4.62. The molecule has 9 nitrogen and oxygen atoms in total. The van der Waals surface area contributed by atoms with Crippen LogP contribution in [-0.4, -0.2) is 45.9 Å². The van der Waals surface area contributed by atoms with Crippen LogP contribution in [0.25, 0.3) is 0 Å². The molecule has 0 saturated heterocycles. The van der Waals surface area contributed by atoms with Crippen LogP contribution >= 0.6 is 0 Å². The van der Waals surface area contributed by atoms with Gasteiger partial charge in [-0.1, -0.05) is 6.58 Å². The van der Waals surface area contributed by atoms with Crippen LogP contribution in [0.15, 0.2) is 12.2 Å². The fourth-order valence-electron chi connectivity index (χ4n) is 0.832. The first-order valence-electron chi connectivity index (χ1n) is 5.24. The van der Waals surface area contributed by atoms with E-state index in [9.17, 15) is 18.0 Å². The number of rotatable bonds is 8. The largest absolute Gasteiger partial charge is 0.460 e. The summed E-state index contributed by atoms with van der Waals surface area (Å²) < 4.78 is 30.0. The molecule has 4 N–H and O–H groups in total. The van der Waals surface area contributed by atoms with Crippen LogP contribution in [0.5, 0.6) is 0 Å². The Morgan fingerprint density at radius 1 is 1.26 bits per heavy atom. The molecule has 2 amide bonds. The highest BCUT2D eigenvalue weighted by molar-refractivity contribution is 7.86. The minimum Gasteiger partial charge on any atom is -0.460 e. The molecule has 0 aromatic carbocycles. The van der Waals surface area contributed by atoms with Crippen molar-refractivity contribution in [3.05, 3.63) is 12.2 Å². The SMILES string of the molecule is C=C(C)C(=O)OCCNC(=O)NCCS(=O)(=O)ON.